The van der Waals surface area contributed by atoms with Crippen LogP contribution in [0.3, 0.4) is 0 Å². The van der Waals surface area contributed by atoms with Gasteiger partial charge in [-0.15, -0.1) is 0 Å². The number of nitrogen functional groups attached to an aromatic ring is 1. The normalized spacial score (nSPS) is 10.3. The Hall–Kier alpha value is -1.88. The van der Waals surface area contributed by atoms with Crippen molar-refractivity contribution in [2.45, 2.75) is 6.92 Å². The van der Waals surface area contributed by atoms with E-state index in [2.05, 4.69) is 15.3 Å². The van der Waals surface area contributed by atoms with E-state index in [-0.39, 0.29) is 16.7 Å². The summed E-state index contributed by atoms with van der Waals surface area (Å²) in [4.78, 5) is 7.72. The molecule has 0 spiro atoms. The lowest BCUT2D eigenvalue weighted by Gasteiger charge is -2.10. The summed E-state index contributed by atoms with van der Waals surface area (Å²) in [5.74, 6) is 0.305. The summed E-state index contributed by atoms with van der Waals surface area (Å²) in [7, 11) is 0. The van der Waals surface area contributed by atoms with Gasteiger partial charge in [-0.3, -0.25) is 0 Å². The summed E-state index contributed by atoms with van der Waals surface area (Å²) in [5, 5.41) is 3.23. The van der Waals surface area contributed by atoms with E-state index in [1.165, 1.54) is 18.5 Å². The van der Waals surface area contributed by atoms with E-state index < -0.39 is 0 Å². The molecule has 0 amide bonds. The van der Waals surface area contributed by atoms with Gasteiger partial charge in [0.1, 0.15) is 23.0 Å². The second-order valence-electron chi connectivity index (χ2n) is 3.51. The van der Waals surface area contributed by atoms with Crippen LogP contribution >= 0.6 is 11.6 Å². The van der Waals surface area contributed by atoms with Crippen LogP contribution < -0.4 is 11.1 Å². The molecule has 2 aromatic rings. The average Bonchev–Trinajstić information content (AvgIpc) is 2.28. The first-order chi connectivity index (χ1) is 8.08. The number of anilines is 3. The number of benzene rings is 1. The highest BCUT2D eigenvalue weighted by molar-refractivity contribution is 6.35. The molecule has 4 nitrogen and oxygen atoms in total. The maximum atomic E-state index is 12.9. The highest BCUT2D eigenvalue weighted by atomic mass is 35.5. The van der Waals surface area contributed by atoms with E-state index in [1.807, 2.05) is 0 Å². The molecule has 6 heteroatoms. The molecule has 1 heterocycles. The van der Waals surface area contributed by atoms with Crippen LogP contribution in [0.15, 0.2) is 24.5 Å². The van der Waals surface area contributed by atoms with E-state index in [0.29, 0.717) is 11.5 Å². The molecule has 0 aliphatic carbocycles. The van der Waals surface area contributed by atoms with Gasteiger partial charge in [0.15, 0.2) is 5.82 Å². The Balaban J connectivity index is 2.35. The molecule has 0 radical (unpaired) electrons. The topological polar surface area (TPSA) is 63.8 Å². The molecule has 0 aliphatic heterocycles. The molecule has 0 fully saturated rings. The fraction of sp³-hybridized carbons (Fsp3) is 0.0909. The fourth-order valence-electron chi connectivity index (χ4n) is 1.37. The lowest BCUT2D eigenvalue weighted by atomic mass is 10.2. The van der Waals surface area contributed by atoms with Crippen LogP contribution in [-0.2, 0) is 0 Å². The van der Waals surface area contributed by atoms with E-state index in [9.17, 15) is 4.39 Å². The summed E-state index contributed by atoms with van der Waals surface area (Å²) in [5.41, 5.74) is 7.02. The van der Waals surface area contributed by atoms with Crippen LogP contribution in [0.1, 0.15) is 5.56 Å². The van der Waals surface area contributed by atoms with Gasteiger partial charge in [0, 0.05) is 5.69 Å². The zero-order valence-electron chi connectivity index (χ0n) is 9.04. The van der Waals surface area contributed by atoms with E-state index >= 15 is 0 Å². The molecule has 1 aromatic heterocycles. The summed E-state index contributed by atoms with van der Waals surface area (Å²) >= 11 is 5.94. The molecule has 0 aliphatic rings. The second-order valence-corrected chi connectivity index (χ2v) is 3.88. The number of hydrogen-bond acceptors (Lipinski definition) is 4. The number of hydrogen-bond donors (Lipinski definition) is 2. The van der Waals surface area contributed by atoms with Gasteiger partial charge < -0.3 is 11.1 Å². The quantitative estimate of drug-likeness (QED) is 0.863. The summed E-state index contributed by atoms with van der Waals surface area (Å²) in [6.45, 7) is 1.78. The van der Waals surface area contributed by atoms with Gasteiger partial charge in [0.25, 0.3) is 0 Å². The van der Waals surface area contributed by atoms with Crippen molar-refractivity contribution in [1.29, 1.82) is 0 Å². The third-order valence-electron chi connectivity index (χ3n) is 2.26. The first kappa shape index (κ1) is 11.6. The van der Waals surface area contributed by atoms with Crippen molar-refractivity contribution >= 4 is 28.9 Å². The van der Waals surface area contributed by atoms with Crippen LogP contribution in [0, 0.1) is 12.7 Å². The Morgan fingerprint density at radius 2 is 2.12 bits per heavy atom. The van der Waals surface area contributed by atoms with E-state index in [4.69, 9.17) is 17.3 Å². The number of nitrogens with zero attached hydrogens (tertiary/aromatic N) is 2. The maximum absolute atomic E-state index is 12.9. The van der Waals surface area contributed by atoms with Crippen molar-refractivity contribution in [2.24, 2.45) is 0 Å². The largest absolute Gasteiger partial charge is 0.382 e. The molecule has 0 unspecified atom stereocenters. The average molecular weight is 253 g/mol. The maximum Gasteiger partial charge on any atom is 0.154 e. The van der Waals surface area contributed by atoms with E-state index in [1.54, 1.807) is 13.0 Å². The van der Waals surface area contributed by atoms with Crippen LogP contribution in [-0.4, -0.2) is 9.97 Å². The van der Waals surface area contributed by atoms with Gasteiger partial charge in [-0.05, 0) is 30.7 Å². The minimum absolute atomic E-state index is 0.198. The van der Waals surface area contributed by atoms with Crippen molar-refractivity contribution in [2.75, 3.05) is 11.1 Å². The van der Waals surface area contributed by atoms with Gasteiger partial charge in [-0.25, -0.2) is 14.4 Å². The van der Waals surface area contributed by atoms with Gasteiger partial charge in [0.05, 0.1) is 0 Å². The first-order valence-corrected chi connectivity index (χ1v) is 5.25. The van der Waals surface area contributed by atoms with Gasteiger partial charge in [0.2, 0.25) is 0 Å². The fourth-order valence-corrected chi connectivity index (χ4v) is 1.51. The Morgan fingerprint density at radius 3 is 2.82 bits per heavy atom. The first-order valence-electron chi connectivity index (χ1n) is 4.87. The lowest BCUT2D eigenvalue weighted by molar-refractivity contribution is 0.627. The zero-order chi connectivity index (χ0) is 12.4. The summed E-state index contributed by atoms with van der Waals surface area (Å²) < 4.78 is 12.9. The lowest BCUT2D eigenvalue weighted by Crippen LogP contribution is -2.00. The molecular weight excluding hydrogens is 243 g/mol. The summed E-state index contributed by atoms with van der Waals surface area (Å²) in [6, 6.07) is 4.38. The number of nitrogens with two attached hydrogens (primary N) is 1. The highest BCUT2D eigenvalue weighted by Gasteiger charge is 2.08. The zero-order valence-corrected chi connectivity index (χ0v) is 9.79. The predicted molar refractivity (Wildman–Crippen MR) is 65.9 cm³/mol. The number of halogens is 2. The molecular formula is C11H10ClFN4. The molecule has 0 atom stereocenters. The minimum Gasteiger partial charge on any atom is -0.382 e. The van der Waals surface area contributed by atoms with Crippen molar-refractivity contribution in [3.8, 4) is 0 Å². The van der Waals surface area contributed by atoms with Crippen molar-refractivity contribution < 1.29 is 4.39 Å². The Morgan fingerprint density at radius 1 is 1.35 bits per heavy atom. The van der Waals surface area contributed by atoms with Gasteiger partial charge in [-0.1, -0.05) is 11.6 Å². The van der Waals surface area contributed by atoms with Gasteiger partial charge in [-0.2, -0.15) is 0 Å². The Kier molecular flexibility index (Phi) is 3.10. The van der Waals surface area contributed by atoms with Crippen LogP contribution in [0.25, 0.3) is 0 Å². The molecule has 0 bridgehead atoms. The van der Waals surface area contributed by atoms with Crippen LogP contribution in [0.2, 0.25) is 5.02 Å². The van der Waals surface area contributed by atoms with Gasteiger partial charge >= 0.3 is 0 Å². The number of rotatable bonds is 2. The Labute approximate surface area is 103 Å². The molecule has 0 saturated carbocycles. The molecule has 88 valence electrons. The molecule has 1 aromatic carbocycles. The standard InChI is InChI=1S/C11H10ClFN4/c1-6-4-7(13)2-3-8(6)17-11-9(12)10(14)15-5-16-11/h2-5H,1H3,(H3,14,15,16,17). The summed E-state index contributed by atoms with van der Waals surface area (Å²) in [6.07, 6.45) is 1.31. The monoisotopic (exact) mass is 252 g/mol. The van der Waals surface area contributed by atoms with Crippen molar-refractivity contribution in [3.05, 3.63) is 40.9 Å². The SMILES string of the molecule is Cc1cc(F)ccc1Nc1ncnc(N)c1Cl. The number of aryl methyl sites for hydroxylation is 1. The minimum atomic E-state index is -0.290. The molecule has 3 N–H and O–H groups in total. The predicted octanol–water partition coefficient (Wildman–Crippen LogP) is 2.90. The van der Waals surface area contributed by atoms with Crippen LogP contribution in [0.5, 0.6) is 0 Å². The van der Waals surface area contributed by atoms with Crippen LogP contribution in [0.4, 0.5) is 21.7 Å². The Bertz CT molecular complexity index is 559. The van der Waals surface area contributed by atoms with E-state index in [0.717, 1.165) is 5.56 Å². The molecule has 17 heavy (non-hydrogen) atoms. The highest BCUT2D eigenvalue weighted by Crippen LogP contribution is 2.27. The van der Waals surface area contributed by atoms with Crippen molar-refractivity contribution in [1.82, 2.24) is 9.97 Å². The molecule has 0 saturated heterocycles. The number of aromatic nitrogens is 2. The number of nitrogens with one attached hydrogen (secondary N) is 1. The molecule has 2 rings (SSSR count). The third-order valence-corrected chi connectivity index (χ3v) is 2.63. The smallest absolute Gasteiger partial charge is 0.154 e. The third kappa shape index (κ3) is 2.45. The van der Waals surface area contributed by atoms with Crippen molar-refractivity contribution in [3.63, 3.8) is 0 Å². The second kappa shape index (κ2) is 4.55.